The minimum atomic E-state index is 0.117. The van der Waals surface area contributed by atoms with Gasteiger partial charge in [0.2, 0.25) is 0 Å². The first-order valence-electron chi connectivity index (χ1n) is 5.51. The Morgan fingerprint density at radius 1 is 1.07 bits per heavy atom. The zero-order chi connectivity index (χ0) is 9.80. The van der Waals surface area contributed by atoms with Crippen molar-refractivity contribution in [2.75, 3.05) is 19.8 Å². The van der Waals surface area contributed by atoms with Crippen molar-refractivity contribution in [1.29, 1.82) is 5.26 Å². The van der Waals surface area contributed by atoms with Crippen LogP contribution in [0.2, 0.25) is 0 Å². The Balaban J connectivity index is 1.95. The van der Waals surface area contributed by atoms with E-state index < -0.39 is 0 Å². The average molecular weight is 195 g/mol. The normalized spacial score (nSPS) is 35.1. The summed E-state index contributed by atoms with van der Waals surface area (Å²) in [7, 11) is 0. The Morgan fingerprint density at radius 3 is 2.57 bits per heavy atom. The number of hydrogen-bond acceptors (Lipinski definition) is 3. The number of ether oxygens (including phenoxy) is 2. The molecule has 0 bridgehead atoms. The molecule has 2 aliphatic rings. The van der Waals surface area contributed by atoms with E-state index in [0.717, 1.165) is 45.5 Å². The molecule has 0 spiro atoms. The van der Waals surface area contributed by atoms with Crippen molar-refractivity contribution in [2.45, 2.75) is 31.8 Å². The van der Waals surface area contributed by atoms with Gasteiger partial charge < -0.3 is 9.47 Å². The highest BCUT2D eigenvalue weighted by atomic mass is 16.5. The van der Waals surface area contributed by atoms with E-state index >= 15 is 0 Å². The molecule has 2 saturated heterocycles. The summed E-state index contributed by atoms with van der Waals surface area (Å²) >= 11 is 0. The molecule has 2 rings (SSSR count). The molecular weight excluding hydrogens is 178 g/mol. The smallest absolute Gasteiger partial charge is 0.0762 e. The lowest BCUT2D eigenvalue weighted by Crippen LogP contribution is -2.38. The third-order valence-electron chi connectivity index (χ3n) is 3.26. The van der Waals surface area contributed by atoms with Crippen LogP contribution in [0.3, 0.4) is 0 Å². The van der Waals surface area contributed by atoms with Gasteiger partial charge in [-0.1, -0.05) is 0 Å². The number of hydrogen-bond donors (Lipinski definition) is 0. The van der Waals surface area contributed by atoms with Crippen LogP contribution < -0.4 is 0 Å². The largest absolute Gasteiger partial charge is 0.381 e. The fraction of sp³-hybridized carbons (Fsp3) is 0.909. The number of nitriles is 1. The van der Waals surface area contributed by atoms with E-state index in [1.165, 1.54) is 0 Å². The molecular formula is C11H17NO2. The summed E-state index contributed by atoms with van der Waals surface area (Å²) in [4.78, 5) is 0. The quantitative estimate of drug-likeness (QED) is 0.640. The summed E-state index contributed by atoms with van der Waals surface area (Å²) in [5.74, 6) is 0.667. The van der Waals surface area contributed by atoms with Gasteiger partial charge in [-0.15, -0.1) is 0 Å². The summed E-state index contributed by atoms with van der Waals surface area (Å²) in [5.41, 5.74) is 0. The summed E-state index contributed by atoms with van der Waals surface area (Å²) in [6, 6.07) is 2.39. The molecule has 2 atom stereocenters. The molecule has 2 aliphatic heterocycles. The first-order valence-corrected chi connectivity index (χ1v) is 5.51. The van der Waals surface area contributed by atoms with Gasteiger partial charge in [0.25, 0.3) is 0 Å². The second-order valence-electron chi connectivity index (χ2n) is 4.16. The molecule has 0 amide bonds. The van der Waals surface area contributed by atoms with Crippen molar-refractivity contribution in [3.05, 3.63) is 0 Å². The SMILES string of the molecule is N#CC1CCCOC1C1CCOCC1. The molecule has 0 aromatic rings. The van der Waals surface area contributed by atoms with Crippen LogP contribution in [0.15, 0.2) is 0 Å². The van der Waals surface area contributed by atoms with Gasteiger partial charge in [-0.3, -0.25) is 0 Å². The summed E-state index contributed by atoms with van der Waals surface area (Å²) in [5, 5.41) is 9.03. The van der Waals surface area contributed by atoms with Crippen LogP contribution in [0.25, 0.3) is 0 Å². The van der Waals surface area contributed by atoms with Crippen molar-refractivity contribution >= 4 is 0 Å². The average Bonchev–Trinajstić information content (AvgIpc) is 2.30. The second kappa shape index (κ2) is 4.77. The van der Waals surface area contributed by atoms with Gasteiger partial charge in [-0.25, -0.2) is 0 Å². The molecule has 0 aromatic carbocycles. The first-order chi connectivity index (χ1) is 6.92. The van der Waals surface area contributed by atoms with Crippen LogP contribution in [0.1, 0.15) is 25.7 Å². The van der Waals surface area contributed by atoms with Crippen LogP contribution in [0.4, 0.5) is 0 Å². The highest BCUT2D eigenvalue weighted by molar-refractivity contribution is 4.94. The van der Waals surface area contributed by atoms with E-state index in [2.05, 4.69) is 6.07 Å². The standard InChI is InChI=1S/C11H17NO2/c12-8-10-2-1-5-14-11(10)9-3-6-13-7-4-9/h9-11H,1-7H2. The number of rotatable bonds is 1. The summed E-state index contributed by atoms with van der Waals surface area (Å²) in [6.07, 6.45) is 4.35. The maximum atomic E-state index is 9.03. The molecule has 0 N–H and O–H groups in total. The molecule has 78 valence electrons. The molecule has 2 fully saturated rings. The van der Waals surface area contributed by atoms with Gasteiger partial charge in [-0.05, 0) is 31.6 Å². The van der Waals surface area contributed by atoms with Crippen LogP contribution in [-0.4, -0.2) is 25.9 Å². The van der Waals surface area contributed by atoms with E-state index in [1.807, 2.05) is 0 Å². The van der Waals surface area contributed by atoms with Gasteiger partial charge >= 0.3 is 0 Å². The van der Waals surface area contributed by atoms with Crippen LogP contribution in [0.5, 0.6) is 0 Å². The third kappa shape index (κ3) is 2.08. The minimum Gasteiger partial charge on any atom is -0.381 e. The number of nitrogens with zero attached hydrogens (tertiary/aromatic N) is 1. The lowest BCUT2D eigenvalue weighted by Gasteiger charge is -2.35. The Hall–Kier alpha value is -0.590. The van der Waals surface area contributed by atoms with E-state index in [1.54, 1.807) is 0 Å². The Morgan fingerprint density at radius 2 is 1.86 bits per heavy atom. The topological polar surface area (TPSA) is 42.2 Å². The molecule has 3 nitrogen and oxygen atoms in total. The predicted molar refractivity (Wildman–Crippen MR) is 51.6 cm³/mol. The van der Waals surface area contributed by atoms with Gasteiger partial charge in [0, 0.05) is 19.8 Å². The Kier molecular flexibility index (Phi) is 3.39. The molecule has 2 unspecified atom stereocenters. The summed E-state index contributed by atoms with van der Waals surface area (Å²) < 4.78 is 11.1. The molecule has 0 aliphatic carbocycles. The lowest BCUT2D eigenvalue weighted by molar-refractivity contribution is -0.0735. The van der Waals surface area contributed by atoms with Gasteiger partial charge in [0.15, 0.2) is 0 Å². The van der Waals surface area contributed by atoms with Crippen LogP contribution in [-0.2, 0) is 9.47 Å². The van der Waals surface area contributed by atoms with E-state index in [4.69, 9.17) is 14.7 Å². The Labute approximate surface area is 85.0 Å². The van der Waals surface area contributed by atoms with Gasteiger partial charge in [0.1, 0.15) is 0 Å². The molecule has 0 saturated carbocycles. The highest BCUT2D eigenvalue weighted by Crippen LogP contribution is 2.31. The maximum absolute atomic E-state index is 9.03. The van der Waals surface area contributed by atoms with E-state index in [0.29, 0.717) is 5.92 Å². The molecule has 3 heteroatoms. The van der Waals surface area contributed by atoms with Crippen LogP contribution in [0, 0.1) is 23.2 Å². The molecule has 2 heterocycles. The van der Waals surface area contributed by atoms with E-state index in [9.17, 15) is 0 Å². The van der Waals surface area contributed by atoms with Gasteiger partial charge in [-0.2, -0.15) is 5.26 Å². The second-order valence-corrected chi connectivity index (χ2v) is 4.16. The zero-order valence-electron chi connectivity index (χ0n) is 8.45. The first kappa shape index (κ1) is 9.95. The fourth-order valence-electron chi connectivity index (χ4n) is 2.45. The maximum Gasteiger partial charge on any atom is 0.0762 e. The monoisotopic (exact) mass is 195 g/mol. The van der Waals surface area contributed by atoms with Crippen molar-refractivity contribution in [3.63, 3.8) is 0 Å². The van der Waals surface area contributed by atoms with Crippen molar-refractivity contribution < 1.29 is 9.47 Å². The van der Waals surface area contributed by atoms with Gasteiger partial charge in [0.05, 0.1) is 18.1 Å². The fourth-order valence-corrected chi connectivity index (χ4v) is 2.45. The minimum absolute atomic E-state index is 0.117. The van der Waals surface area contributed by atoms with Crippen molar-refractivity contribution in [2.24, 2.45) is 11.8 Å². The summed E-state index contributed by atoms with van der Waals surface area (Å²) in [6.45, 7) is 2.51. The van der Waals surface area contributed by atoms with E-state index in [-0.39, 0.29) is 12.0 Å². The van der Waals surface area contributed by atoms with Crippen LogP contribution >= 0.6 is 0 Å². The predicted octanol–water partition coefficient (Wildman–Crippen LogP) is 1.73. The van der Waals surface area contributed by atoms with Crippen molar-refractivity contribution in [3.8, 4) is 6.07 Å². The Bertz CT molecular complexity index is 218. The third-order valence-corrected chi connectivity index (χ3v) is 3.26. The zero-order valence-corrected chi connectivity index (χ0v) is 8.45. The van der Waals surface area contributed by atoms with Crippen molar-refractivity contribution in [1.82, 2.24) is 0 Å². The molecule has 0 radical (unpaired) electrons. The molecule has 14 heavy (non-hydrogen) atoms. The highest BCUT2D eigenvalue weighted by Gasteiger charge is 2.33. The lowest BCUT2D eigenvalue weighted by atomic mass is 9.83. The molecule has 0 aromatic heterocycles.